The summed E-state index contributed by atoms with van der Waals surface area (Å²) < 4.78 is 13.1. The molecule has 0 aliphatic carbocycles. The summed E-state index contributed by atoms with van der Waals surface area (Å²) in [4.78, 5) is 12.5. The highest BCUT2D eigenvalue weighted by atomic mass is 35.5. The second-order valence-electron chi connectivity index (χ2n) is 3.85. The van der Waals surface area contributed by atoms with Crippen LogP contribution in [0.2, 0.25) is 5.02 Å². The van der Waals surface area contributed by atoms with E-state index >= 15 is 0 Å². The Balaban J connectivity index is 2.03. The Kier molecular flexibility index (Phi) is 2.97. The molecule has 0 spiro atoms. The molecular formula is C13H8ClFN4. The van der Waals surface area contributed by atoms with Crippen molar-refractivity contribution in [3.05, 3.63) is 53.7 Å². The summed E-state index contributed by atoms with van der Waals surface area (Å²) >= 11 is 5.73. The summed E-state index contributed by atoms with van der Waals surface area (Å²) in [7, 11) is 0. The van der Waals surface area contributed by atoms with Crippen molar-refractivity contribution in [1.29, 1.82) is 0 Å². The topological polar surface area (TPSA) is 50.7 Å². The van der Waals surface area contributed by atoms with Gasteiger partial charge in [0.2, 0.25) is 0 Å². The number of nitrogens with zero attached hydrogens (tertiary/aromatic N) is 3. The average Bonchev–Trinajstić information content (AvgIpc) is 2.43. The van der Waals surface area contributed by atoms with Crippen molar-refractivity contribution < 1.29 is 4.39 Å². The van der Waals surface area contributed by atoms with E-state index in [9.17, 15) is 4.39 Å². The maximum absolute atomic E-state index is 13.1. The number of nitrogens with one attached hydrogen (secondary N) is 1. The quantitative estimate of drug-likeness (QED) is 0.776. The normalized spacial score (nSPS) is 10.6. The lowest BCUT2D eigenvalue weighted by molar-refractivity contribution is 0.628. The lowest BCUT2D eigenvalue weighted by Gasteiger charge is -2.07. The van der Waals surface area contributed by atoms with Crippen molar-refractivity contribution in [2.45, 2.75) is 0 Å². The highest BCUT2D eigenvalue weighted by Crippen LogP contribution is 2.24. The van der Waals surface area contributed by atoms with Crippen molar-refractivity contribution in [2.24, 2.45) is 0 Å². The second-order valence-corrected chi connectivity index (χ2v) is 4.25. The Bertz CT molecular complexity index is 742. The Morgan fingerprint density at radius 2 is 2.00 bits per heavy atom. The number of fused-ring (bicyclic) bond motifs is 1. The number of halogens is 2. The molecule has 2 aromatic heterocycles. The maximum atomic E-state index is 13.1. The van der Waals surface area contributed by atoms with Crippen LogP contribution in [-0.2, 0) is 0 Å². The Hall–Kier alpha value is -2.27. The third kappa shape index (κ3) is 2.32. The van der Waals surface area contributed by atoms with Gasteiger partial charge in [-0.15, -0.1) is 0 Å². The minimum atomic E-state index is -0.460. The molecule has 0 atom stereocenters. The van der Waals surface area contributed by atoms with Crippen molar-refractivity contribution in [1.82, 2.24) is 15.0 Å². The molecule has 0 aliphatic heterocycles. The Labute approximate surface area is 113 Å². The lowest BCUT2D eigenvalue weighted by Crippen LogP contribution is -1.97. The zero-order chi connectivity index (χ0) is 13.2. The molecule has 0 bridgehead atoms. The molecule has 0 radical (unpaired) electrons. The van der Waals surface area contributed by atoms with E-state index in [1.807, 2.05) is 6.07 Å². The maximum Gasteiger partial charge on any atom is 0.160 e. The van der Waals surface area contributed by atoms with Crippen LogP contribution in [0.1, 0.15) is 0 Å². The molecule has 3 aromatic rings. The highest BCUT2D eigenvalue weighted by molar-refractivity contribution is 6.31. The largest absolute Gasteiger partial charge is 0.338 e. The summed E-state index contributed by atoms with van der Waals surface area (Å²) in [6.07, 6.45) is 3.10. The number of hydrogen-bond donors (Lipinski definition) is 1. The molecule has 3 rings (SSSR count). The fourth-order valence-electron chi connectivity index (χ4n) is 1.70. The third-order valence-electron chi connectivity index (χ3n) is 2.58. The van der Waals surface area contributed by atoms with Crippen LogP contribution >= 0.6 is 11.6 Å². The Morgan fingerprint density at radius 1 is 1.11 bits per heavy atom. The van der Waals surface area contributed by atoms with Gasteiger partial charge in [0.15, 0.2) is 5.82 Å². The smallest absolute Gasteiger partial charge is 0.160 e. The lowest BCUT2D eigenvalue weighted by atomic mass is 10.3. The molecule has 19 heavy (non-hydrogen) atoms. The van der Waals surface area contributed by atoms with Gasteiger partial charge in [0.1, 0.15) is 17.7 Å². The van der Waals surface area contributed by atoms with Crippen LogP contribution in [0.3, 0.4) is 0 Å². The van der Waals surface area contributed by atoms with Crippen LogP contribution in [0.15, 0.2) is 42.9 Å². The predicted octanol–water partition coefficient (Wildman–Crippen LogP) is 3.56. The number of anilines is 2. The van der Waals surface area contributed by atoms with Crippen LogP contribution < -0.4 is 5.32 Å². The molecule has 0 fully saturated rings. The van der Waals surface area contributed by atoms with Crippen molar-refractivity contribution in [2.75, 3.05) is 5.32 Å². The first kappa shape index (κ1) is 11.8. The minimum absolute atomic E-state index is 0.0521. The van der Waals surface area contributed by atoms with Crippen LogP contribution in [0, 0.1) is 5.82 Å². The monoisotopic (exact) mass is 274 g/mol. The first-order valence-corrected chi connectivity index (χ1v) is 5.89. The van der Waals surface area contributed by atoms with Gasteiger partial charge in [-0.2, -0.15) is 0 Å². The van der Waals surface area contributed by atoms with E-state index in [1.54, 1.807) is 18.3 Å². The SMILES string of the molecule is Fc1ccc(Nc2ncnc3cccnc23)cc1Cl. The molecule has 2 heterocycles. The number of pyridine rings is 1. The minimum Gasteiger partial charge on any atom is -0.338 e. The van der Waals surface area contributed by atoms with Gasteiger partial charge in [-0.3, -0.25) is 4.98 Å². The number of aromatic nitrogens is 3. The molecule has 0 aliphatic rings. The van der Waals surface area contributed by atoms with E-state index in [-0.39, 0.29) is 5.02 Å². The first-order valence-electron chi connectivity index (χ1n) is 5.52. The van der Waals surface area contributed by atoms with Crippen LogP contribution in [0.5, 0.6) is 0 Å². The number of rotatable bonds is 2. The summed E-state index contributed by atoms with van der Waals surface area (Å²) in [5, 5.41) is 3.10. The first-order chi connectivity index (χ1) is 9.24. The molecular weight excluding hydrogens is 267 g/mol. The van der Waals surface area contributed by atoms with Crippen LogP contribution in [-0.4, -0.2) is 15.0 Å². The zero-order valence-corrected chi connectivity index (χ0v) is 10.4. The average molecular weight is 275 g/mol. The summed E-state index contributed by atoms with van der Waals surface area (Å²) in [5.74, 6) is 0.0890. The number of hydrogen-bond acceptors (Lipinski definition) is 4. The molecule has 6 heteroatoms. The molecule has 94 valence electrons. The molecule has 0 saturated carbocycles. The van der Waals surface area contributed by atoms with E-state index in [2.05, 4.69) is 20.3 Å². The van der Waals surface area contributed by atoms with Gasteiger partial charge in [0.05, 0.1) is 10.5 Å². The summed E-state index contributed by atoms with van der Waals surface area (Å²) in [5.41, 5.74) is 2.01. The van der Waals surface area contributed by atoms with Gasteiger partial charge in [0.25, 0.3) is 0 Å². The molecule has 0 saturated heterocycles. The van der Waals surface area contributed by atoms with Gasteiger partial charge in [-0.1, -0.05) is 11.6 Å². The molecule has 4 nitrogen and oxygen atoms in total. The van der Waals surface area contributed by atoms with Gasteiger partial charge >= 0.3 is 0 Å². The predicted molar refractivity (Wildman–Crippen MR) is 72.0 cm³/mol. The summed E-state index contributed by atoms with van der Waals surface area (Å²) in [6.45, 7) is 0. The van der Waals surface area contributed by atoms with Crippen molar-refractivity contribution in [3.8, 4) is 0 Å². The standard InChI is InChI=1S/C13H8ClFN4/c14-9-6-8(3-4-10(9)15)19-13-12-11(17-7-18-13)2-1-5-16-12/h1-7H,(H,17,18,19). The van der Waals surface area contributed by atoms with E-state index in [1.165, 1.54) is 18.5 Å². The van der Waals surface area contributed by atoms with Gasteiger partial charge in [-0.05, 0) is 30.3 Å². The molecule has 0 amide bonds. The third-order valence-corrected chi connectivity index (χ3v) is 2.87. The van der Waals surface area contributed by atoms with E-state index < -0.39 is 5.82 Å². The fraction of sp³-hybridized carbons (Fsp3) is 0. The van der Waals surface area contributed by atoms with Gasteiger partial charge in [-0.25, -0.2) is 14.4 Å². The van der Waals surface area contributed by atoms with Crippen LogP contribution in [0.4, 0.5) is 15.9 Å². The van der Waals surface area contributed by atoms with Gasteiger partial charge < -0.3 is 5.32 Å². The molecule has 1 N–H and O–H groups in total. The fourth-order valence-corrected chi connectivity index (χ4v) is 1.88. The second kappa shape index (κ2) is 4.78. The highest BCUT2D eigenvalue weighted by Gasteiger charge is 2.06. The summed E-state index contributed by atoms with van der Waals surface area (Å²) in [6, 6.07) is 8.01. The Morgan fingerprint density at radius 3 is 2.84 bits per heavy atom. The van der Waals surface area contributed by atoms with E-state index in [0.717, 1.165) is 5.52 Å². The van der Waals surface area contributed by atoms with Gasteiger partial charge in [0, 0.05) is 11.9 Å². The van der Waals surface area contributed by atoms with Crippen LogP contribution in [0.25, 0.3) is 11.0 Å². The molecule has 0 unspecified atom stereocenters. The van der Waals surface area contributed by atoms with Crippen molar-refractivity contribution >= 4 is 34.1 Å². The van der Waals surface area contributed by atoms with E-state index in [0.29, 0.717) is 17.0 Å². The zero-order valence-electron chi connectivity index (χ0n) is 9.64. The van der Waals surface area contributed by atoms with Crippen molar-refractivity contribution in [3.63, 3.8) is 0 Å². The number of benzene rings is 1. The van der Waals surface area contributed by atoms with E-state index in [4.69, 9.17) is 11.6 Å². The molecule has 1 aromatic carbocycles.